The summed E-state index contributed by atoms with van der Waals surface area (Å²) in [7, 11) is 3.77. The summed E-state index contributed by atoms with van der Waals surface area (Å²) in [5, 5.41) is 0. The van der Waals surface area contributed by atoms with E-state index in [0.29, 0.717) is 0 Å². The van der Waals surface area contributed by atoms with Crippen molar-refractivity contribution >= 4 is 10.6 Å². The third kappa shape index (κ3) is 11.7. The molecule has 0 rings (SSSR count). The molecule has 0 aliphatic carbocycles. The quantitative estimate of drug-likeness (QED) is 0.493. The molecule has 0 aromatic heterocycles. The van der Waals surface area contributed by atoms with E-state index in [0.717, 1.165) is 0 Å². The monoisotopic (exact) mass is 170 g/mol. The molecule has 0 spiro atoms. The maximum absolute atomic E-state index is 7.81. The van der Waals surface area contributed by atoms with E-state index in [2.05, 4.69) is 40.7 Å². The Labute approximate surface area is 44.6 Å². The van der Waals surface area contributed by atoms with E-state index in [1.54, 1.807) is 0 Å². The van der Waals surface area contributed by atoms with Crippen LogP contribution in [0.15, 0.2) is 0 Å². The van der Waals surface area contributed by atoms with Crippen molar-refractivity contribution < 1.29 is 33.9 Å². The predicted octanol–water partition coefficient (Wildman–Crippen LogP) is 0.524. The molecule has 0 heterocycles. The van der Waals surface area contributed by atoms with Crippen molar-refractivity contribution in [3.8, 4) is 0 Å². The molecule has 0 amide bonds. The molecule has 0 radical (unpaired) electrons. The SMILES string of the molecule is [O]=[Cu].[S]=[Co]. The van der Waals surface area contributed by atoms with E-state index in [1.807, 2.05) is 0 Å². The van der Waals surface area contributed by atoms with Crippen LogP contribution in [0.2, 0.25) is 0 Å². The van der Waals surface area contributed by atoms with Crippen LogP contribution in [0.1, 0.15) is 0 Å². The van der Waals surface area contributed by atoms with Gasteiger partial charge in [-0.1, -0.05) is 0 Å². The van der Waals surface area contributed by atoms with Gasteiger partial charge in [-0.05, 0) is 0 Å². The van der Waals surface area contributed by atoms with Gasteiger partial charge >= 0.3 is 44.5 Å². The Hall–Kier alpha value is 1.05. The first-order valence-electron chi connectivity index (χ1n) is 0.259. The van der Waals surface area contributed by atoms with Crippen molar-refractivity contribution in [1.82, 2.24) is 0 Å². The molecule has 0 saturated carbocycles. The normalized spacial score (nSPS) is 2.75. The summed E-state index contributed by atoms with van der Waals surface area (Å²) in [6, 6.07) is 0. The van der Waals surface area contributed by atoms with Crippen LogP contribution >= 0.6 is 10.6 Å². The zero-order valence-corrected chi connectivity index (χ0v) is 4.25. The van der Waals surface area contributed by atoms with Gasteiger partial charge < -0.3 is 0 Å². The molecular weight excluding hydrogens is 171 g/mol. The molecule has 4 heavy (non-hydrogen) atoms. The van der Waals surface area contributed by atoms with Gasteiger partial charge in [0.25, 0.3) is 0 Å². The van der Waals surface area contributed by atoms with E-state index in [4.69, 9.17) is 3.83 Å². The fraction of sp³-hybridized carbons (Fsp3) is 0. The van der Waals surface area contributed by atoms with Crippen LogP contribution in [0.4, 0.5) is 0 Å². The van der Waals surface area contributed by atoms with E-state index >= 15 is 0 Å². The zero-order chi connectivity index (χ0) is 4.00. The van der Waals surface area contributed by atoms with Crippen LogP contribution in [-0.4, -0.2) is 0 Å². The van der Waals surface area contributed by atoms with Crippen LogP contribution < -0.4 is 0 Å². The predicted molar refractivity (Wildman–Crippen MR) is 8.28 cm³/mol. The second kappa shape index (κ2) is 34.3. The van der Waals surface area contributed by atoms with Gasteiger partial charge in [-0.25, -0.2) is 0 Å². The van der Waals surface area contributed by atoms with Gasteiger partial charge in [0.15, 0.2) is 0 Å². The molecule has 0 fully saturated rings. The van der Waals surface area contributed by atoms with Gasteiger partial charge in [-0.2, -0.15) is 0 Å². The molecule has 0 saturated heterocycles. The summed E-state index contributed by atoms with van der Waals surface area (Å²) in [6.45, 7) is 0. The maximum atomic E-state index is 7.81. The van der Waals surface area contributed by atoms with Gasteiger partial charge in [0.05, 0.1) is 0 Å². The molecule has 0 atom stereocenters. The number of hydrogen-bond donors (Lipinski definition) is 0. The fourth-order valence-electron chi connectivity index (χ4n) is 0. The Balaban J connectivity index is 0. The molecule has 0 unspecified atom stereocenters. The molecule has 0 bridgehead atoms. The molecule has 0 aromatic carbocycles. The average Bonchev–Trinajstić information content (AvgIpc) is 1.50. The standard InChI is InChI=1S/Co.Cu.O.S. The van der Waals surface area contributed by atoms with E-state index in [-0.39, 0.29) is 0 Å². The molecular formula is CoCuOS. The van der Waals surface area contributed by atoms with Crippen molar-refractivity contribution in [3.05, 3.63) is 0 Å². The van der Waals surface area contributed by atoms with E-state index < -0.39 is 0 Å². The van der Waals surface area contributed by atoms with Crippen LogP contribution in [0.5, 0.6) is 0 Å². The van der Waals surface area contributed by atoms with Crippen LogP contribution in [0.3, 0.4) is 0 Å². The Bertz CT molecular complexity index is 10.0. The second-order valence-electron chi connectivity index (χ2n) is 0. The second-order valence-corrected chi connectivity index (χ2v) is 0. The third-order valence-electron chi connectivity index (χ3n) is 0. The minimum absolute atomic E-state index is 2.94. The molecule has 0 aromatic rings. The third-order valence-corrected chi connectivity index (χ3v) is 0. The van der Waals surface area contributed by atoms with E-state index in [9.17, 15) is 0 Å². The van der Waals surface area contributed by atoms with E-state index in [1.165, 1.54) is 0 Å². The molecule has 32 valence electrons. The number of hydrogen-bond acceptors (Lipinski definition) is 2. The Morgan fingerprint density at radius 3 is 1.50 bits per heavy atom. The molecule has 0 aliphatic rings. The fourth-order valence-corrected chi connectivity index (χ4v) is 0. The molecule has 4 heteroatoms. The first kappa shape index (κ1) is 8.90. The van der Waals surface area contributed by atoms with Crippen molar-refractivity contribution in [1.29, 1.82) is 0 Å². The minimum atomic E-state index is 2.94. The van der Waals surface area contributed by atoms with Gasteiger partial charge in [-0.3, -0.25) is 0 Å². The summed E-state index contributed by atoms with van der Waals surface area (Å²) in [5.41, 5.74) is 0. The Kier molecular flexibility index (Phi) is 76.4. The molecule has 0 aliphatic heterocycles. The Morgan fingerprint density at radius 2 is 1.50 bits per heavy atom. The van der Waals surface area contributed by atoms with Crippen molar-refractivity contribution in [2.45, 2.75) is 0 Å². The summed E-state index contributed by atoms with van der Waals surface area (Å²) in [5.74, 6) is 0. The average molecular weight is 171 g/mol. The number of rotatable bonds is 0. The Morgan fingerprint density at radius 1 is 1.50 bits per heavy atom. The zero-order valence-electron chi connectivity index (χ0n) is 1.45. The topological polar surface area (TPSA) is 17.1 Å². The first-order valence-corrected chi connectivity index (χ1v) is 2.19. The van der Waals surface area contributed by atoms with Gasteiger partial charge in [0.2, 0.25) is 0 Å². The van der Waals surface area contributed by atoms with Crippen molar-refractivity contribution in [3.63, 3.8) is 0 Å². The van der Waals surface area contributed by atoms with Gasteiger partial charge in [0.1, 0.15) is 0 Å². The summed E-state index contributed by atoms with van der Waals surface area (Å²) >= 11 is 6.08. The molecule has 0 N–H and O–H groups in total. The van der Waals surface area contributed by atoms with Crippen LogP contribution in [0, 0.1) is 0 Å². The van der Waals surface area contributed by atoms with Gasteiger partial charge in [-0.15, -0.1) is 0 Å². The summed E-state index contributed by atoms with van der Waals surface area (Å²) < 4.78 is 7.81. The summed E-state index contributed by atoms with van der Waals surface area (Å²) in [4.78, 5) is 0. The first-order chi connectivity index (χ1) is 2.00. The van der Waals surface area contributed by atoms with Crippen LogP contribution in [-0.2, 0) is 33.9 Å². The van der Waals surface area contributed by atoms with Crippen LogP contribution in [0.25, 0.3) is 0 Å². The van der Waals surface area contributed by atoms with Gasteiger partial charge in [0, 0.05) is 0 Å². The summed E-state index contributed by atoms with van der Waals surface area (Å²) in [6.07, 6.45) is 0. The van der Waals surface area contributed by atoms with Crippen molar-refractivity contribution in [2.24, 2.45) is 0 Å². The molecule has 1 nitrogen and oxygen atoms in total. The van der Waals surface area contributed by atoms with Crippen molar-refractivity contribution in [2.75, 3.05) is 0 Å².